The summed E-state index contributed by atoms with van der Waals surface area (Å²) in [5.41, 5.74) is 2.02. The highest BCUT2D eigenvalue weighted by molar-refractivity contribution is 9.10. The molecule has 2 aromatic rings. The lowest BCUT2D eigenvalue weighted by atomic mass is 10.2. The molecule has 0 radical (unpaired) electrons. The normalized spacial score (nSPS) is 15.4. The summed E-state index contributed by atoms with van der Waals surface area (Å²) in [4.78, 5) is 9.06. The molecule has 1 aliphatic carbocycles. The third kappa shape index (κ3) is 3.75. The lowest BCUT2D eigenvalue weighted by Gasteiger charge is -2.14. The molecule has 5 nitrogen and oxygen atoms in total. The first-order valence-corrected chi connectivity index (χ1v) is 8.23. The number of benzene rings is 1. The van der Waals surface area contributed by atoms with Crippen molar-refractivity contribution in [3.63, 3.8) is 0 Å². The Hall–Kier alpha value is -1.66. The van der Waals surface area contributed by atoms with Gasteiger partial charge in [0.2, 0.25) is 5.95 Å². The second kappa shape index (κ2) is 6.62. The molecule has 1 aliphatic rings. The number of halogens is 1. The van der Waals surface area contributed by atoms with Gasteiger partial charge in [0, 0.05) is 22.5 Å². The van der Waals surface area contributed by atoms with E-state index in [-0.39, 0.29) is 12.6 Å². The van der Waals surface area contributed by atoms with Gasteiger partial charge in [0.1, 0.15) is 5.82 Å². The molecule has 3 rings (SSSR count). The van der Waals surface area contributed by atoms with Gasteiger partial charge in [-0.15, -0.1) is 0 Å². The molecule has 0 aliphatic heterocycles. The number of anilines is 3. The molecule has 0 unspecified atom stereocenters. The van der Waals surface area contributed by atoms with E-state index in [9.17, 15) is 5.11 Å². The summed E-state index contributed by atoms with van der Waals surface area (Å²) >= 11 is 3.53. The number of para-hydroxylation sites is 1. The van der Waals surface area contributed by atoms with Gasteiger partial charge >= 0.3 is 0 Å². The lowest BCUT2D eigenvalue weighted by Crippen LogP contribution is -2.21. The van der Waals surface area contributed by atoms with Gasteiger partial charge in [-0.1, -0.05) is 12.1 Å². The predicted molar refractivity (Wildman–Crippen MR) is 91.6 cm³/mol. The molecule has 0 bridgehead atoms. The van der Waals surface area contributed by atoms with Crippen LogP contribution in [-0.2, 0) is 0 Å². The van der Waals surface area contributed by atoms with Crippen LogP contribution >= 0.6 is 15.9 Å². The van der Waals surface area contributed by atoms with E-state index in [1.54, 1.807) is 0 Å². The van der Waals surface area contributed by atoms with E-state index in [0.29, 0.717) is 11.9 Å². The van der Waals surface area contributed by atoms with E-state index >= 15 is 0 Å². The first-order valence-electron chi connectivity index (χ1n) is 7.43. The smallest absolute Gasteiger partial charge is 0.225 e. The molecule has 1 saturated carbocycles. The molecule has 22 heavy (non-hydrogen) atoms. The van der Waals surface area contributed by atoms with Crippen LogP contribution in [-0.4, -0.2) is 27.7 Å². The van der Waals surface area contributed by atoms with Crippen molar-refractivity contribution in [3.05, 3.63) is 40.5 Å². The van der Waals surface area contributed by atoms with E-state index in [2.05, 4.69) is 36.5 Å². The maximum atomic E-state index is 9.19. The van der Waals surface area contributed by atoms with Gasteiger partial charge in [-0.3, -0.25) is 0 Å². The number of aliphatic hydroxyl groups excluding tert-OH is 1. The summed E-state index contributed by atoms with van der Waals surface area (Å²) in [6.45, 7) is 1.94. The van der Waals surface area contributed by atoms with Crippen molar-refractivity contribution in [3.8, 4) is 0 Å². The summed E-state index contributed by atoms with van der Waals surface area (Å²) in [5.74, 6) is 1.85. The average Bonchev–Trinajstić information content (AvgIpc) is 3.34. The molecular weight excluding hydrogens is 344 g/mol. The van der Waals surface area contributed by atoms with Crippen LogP contribution in [0.1, 0.15) is 31.4 Å². The van der Waals surface area contributed by atoms with Gasteiger partial charge in [0.15, 0.2) is 0 Å². The fraction of sp³-hybridized carbons (Fsp3) is 0.375. The topological polar surface area (TPSA) is 70.1 Å². The summed E-state index contributed by atoms with van der Waals surface area (Å²) in [7, 11) is 0. The minimum Gasteiger partial charge on any atom is -0.394 e. The fourth-order valence-corrected chi connectivity index (χ4v) is 2.53. The molecule has 6 heteroatoms. The maximum Gasteiger partial charge on any atom is 0.225 e. The molecule has 1 atom stereocenters. The zero-order valence-electron chi connectivity index (χ0n) is 12.4. The van der Waals surface area contributed by atoms with E-state index < -0.39 is 0 Å². The Morgan fingerprint density at radius 1 is 1.32 bits per heavy atom. The molecule has 0 spiro atoms. The minimum atomic E-state index is -0.0780. The van der Waals surface area contributed by atoms with Gasteiger partial charge in [-0.2, -0.15) is 4.98 Å². The van der Waals surface area contributed by atoms with E-state index in [1.165, 1.54) is 12.8 Å². The van der Waals surface area contributed by atoms with Crippen molar-refractivity contribution in [2.45, 2.75) is 31.7 Å². The zero-order chi connectivity index (χ0) is 15.5. The van der Waals surface area contributed by atoms with E-state index in [0.717, 1.165) is 21.7 Å². The maximum absolute atomic E-state index is 9.19. The van der Waals surface area contributed by atoms with Crippen LogP contribution in [0.15, 0.2) is 34.8 Å². The SMILES string of the molecule is C[C@@H](CO)Nc1nc(Nc2ccccc2Br)cc(C2CC2)n1. The molecule has 1 fully saturated rings. The molecule has 0 saturated heterocycles. The van der Waals surface area contributed by atoms with Crippen LogP contribution in [0.4, 0.5) is 17.5 Å². The van der Waals surface area contributed by atoms with Gasteiger partial charge in [0.25, 0.3) is 0 Å². The third-order valence-electron chi connectivity index (χ3n) is 3.53. The number of rotatable bonds is 6. The first-order chi connectivity index (χ1) is 10.7. The average molecular weight is 363 g/mol. The molecule has 1 aromatic carbocycles. The van der Waals surface area contributed by atoms with Crippen LogP contribution in [0.25, 0.3) is 0 Å². The number of hydrogen-bond acceptors (Lipinski definition) is 5. The van der Waals surface area contributed by atoms with Crippen LogP contribution in [0, 0.1) is 0 Å². The number of aliphatic hydroxyl groups is 1. The monoisotopic (exact) mass is 362 g/mol. The summed E-state index contributed by atoms with van der Waals surface area (Å²) in [6, 6.07) is 9.85. The highest BCUT2D eigenvalue weighted by atomic mass is 79.9. The molecule has 116 valence electrons. The highest BCUT2D eigenvalue weighted by Crippen LogP contribution is 2.40. The van der Waals surface area contributed by atoms with Gasteiger partial charge in [-0.25, -0.2) is 4.98 Å². The Bertz CT molecular complexity index is 660. The molecule has 0 amide bonds. The Balaban J connectivity index is 1.87. The lowest BCUT2D eigenvalue weighted by molar-refractivity contribution is 0.281. The summed E-state index contributed by atoms with van der Waals surface area (Å²) in [5, 5.41) is 15.6. The van der Waals surface area contributed by atoms with Crippen molar-refractivity contribution < 1.29 is 5.11 Å². The summed E-state index contributed by atoms with van der Waals surface area (Å²) < 4.78 is 0.986. The second-order valence-corrected chi connectivity index (χ2v) is 6.46. The van der Waals surface area contributed by atoms with E-state index in [4.69, 9.17) is 0 Å². The molecule has 3 N–H and O–H groups in total. The fourth-order valence-electron chi connectivity index (χ4n) is 2.15. The minimum absolute atomic E-state index is 0.0456. The van der Waals surface area contributed by atoms with Crippen molar-refractivity contribution >= 4 is 33.4 Å². The third-order valence-corrected chi connectivity index (χ3v) is 4.22. The van der Waals surface area contributed by atoms with Gasteiger partial charge in [0.05, 0.1) is 18.0 Å². The molecule has 1 aromatic heterocycles. The number of nitrogens with zero attached hydrogens (tertiary/aromatic N) is 2. The van der Waals surface area contributed by atoms with Crippen LogP contribution in [0.2, 0.25) is 0 Å². The van der Waals surface area contributed by atoms with Crippen LogP contribution < -0.4 is 10.6 Å². The van der Waals surface area contributed by atoms with Crippen LogP contribution in [0.3, 0.4) is 0 Å². The Morgan fingerprint density at radius 3 is 2.77 bits per heavy atom. The Labute approximate surface area is 138 Å². The molecule has 1 heterocycles. The van der Waals surface area contributed by atoms with Crippen molar-refractivity contribution in [1.29, 1.82) is 0 Å². The summed E-state index contributed by atoms with van der Waals surface area (Å²) in [6.07, 6.45) is 2.36. The first kappa shape index (κ1) is 15.2. The number of aromatic nitrogens is 2. The van der Waals surface area contributed by atoms with Gasteiger partial charge < -0.3 is 15.7 Å². The Kier molecular flexibility index (Phi) is 4.59. The van der Waals surface area contributed by atoms with Crippen molar-refractivity contribution in [2.75, 3.05) is 17.2 Å². The second-order valence-electron chi connectivity index (χ2n) is 5.61. The predicted octanol–water partition coefficient (Wildman–Crippen LogP) is 3.65. The van der Waals surface area contributed by atoms with Crippen molar-refractivity contribution in [1.82, 2.24) is 9.97 Å². The molecular formula is C16H19BrN4O. The van der Waals surface area contributed by atoms with Gasteiger partial charge in [-0.05, 0) is 47.8 Å². The zero-order valence-corrected chi connectivity index (χ0v) is 14.0. The standard InChI is InChI=1S/C16H19BrN4O/c1-10(9-22)18-16-20-14(11-6-7-11)8-15(21-16)19-13-5-3-2-4-12(13)17/h2-5,8,10-11,22H,6-7,9H2,1H3,(H2,18,19,20,21)/t10-/m0/s1. The quantitative estimate of drug-likeness (QED) is 0.731. The highest BCUT2D eigenvalue weighted by Gasteiger charge is 2.26. The Morgan fingerprint density at radius 2 is 2.09 bits per heavy atom. The van der Waals surface area contributed by atoms with E-state index in [1.807, 2.05) is 37.3 Å². The van der Waals surface area contributed by atoms with Crippen molar-refractivity contribution in [2.24, 2.45) is 0 Å². The van der Waals surface area contributed by atoms with Crippen LogP contribution in [0.5, 0.6) is 0 Å². The number of nitrogens with one attached hydrogen (secondary N) is 2. The number of hydrogen-bond donors (Lipinski definition) is 3. The largest absolute Gasteiger partial charge is 0.394 e.